The summed E-state index contributed by atoms with van der Waals surface area (Å²) in [5, 5.41) is 7.07. The van der Waals surface area contributed by atoms with Crippen molar-refractivity contribution < 1.29 is 4.57 Å². The molecule has 0 aliphatic heterocycles. The van der Waals surface area contributed by atoms with E-state index in [1.165, 1.54) is 16.7 Å². The molecule has 1 nitrogen and oxygen atoms in total. The lowest BCUT2D eigenvalue weighted by Gasteiger charge is -2.26. The first-order valence-electron chi connectivity index (χ1n) is 14.4. The molecule has 42 heavy (non-hydrogen) atoms. The van der Waals surface area contributed by atoms with Gasteiger partial charge in [-0.25, -0.2) is 0 Å². The summed E-state index contributed by atoms with van der Waals surface area (Å²) in [6.45, 7) is 4.30. The summed E-state index contributed by atoms with van der Waals surface area (Å²) in [6, 6.07) is 52.5. The van der Waals surface area contributed by atoms with E-state index in [-0.39, 0.29) is 0 Å². The van der Waals surface area contributed by atoms with Crippen molar-refractivity contribution in [2.24, 2.45) is 0 Å². The third-order valence-electron chi connectivity index (χ3n) is 8.20. The lowest BCUT2D eigenvalue weighted by Crippen LogP contribution is -2.26. The number of aryl methyl sites for hydroxylation is 2. The molecule has 7 rings (SSSR count). The molecule has 7 aromatic carbocycles. The smallest absolute Gasteiger partial charge is 0.171 e. The zero-order chi connectivity index (χ0) is 28.7. The maximum Gasteiger partial charge on any atom is 0.171 e. The topological polar surface area (TPSA) is 17.1 Å². The van der Waals surface area contributed by atoms with Crippen molar-refractivity contribution in [2.75, 3.05) is 0 Å². The van der Waals surface area contributed by atoms with E-state index in [1.807, 2.05) is 60.7 Å². The van der Waals surface area contributed by atoms with Gasteiger partial charge in [-0.3, -0.25) is 0 Å². The van der Waals surface area contributed by atoms with Crippen molar-refractivity contribution in [1.29, 1.82) is 0 Å². The molecular formula is C40H31OP. The zero-order valence-electron chi connectivity index (χ0n) is 23.8. The van der Waals surface area contributed by atoms with Gasteiger partial charge in [0, 0.05) is 21.5 Å². The molecule has 0 saturated carbocycles. The summed E-state index contributed by atoms with van der Waals surface area (Å²) < 4.78 is 15.9. The molecular weight excluding hydrogens is 527 g/mol. The van der Waals surface area contributed by atoms with Gasteiger partial charge in [0.25, 0.3) is 0 Å². The van der Waals surface area contributed by atoms with Crippen LogP contribution in [0.5, 0.6) is 0 Å². The lowest BCUT2D eigenvalue weighted by molar-refractivity contribution is 0.592. The maximum absolute atomic E-state index is 15.9. The number of hydrogen-bond acceptors (Lipinski definition) is 1. The highest BCUT2D eigenvalue weighted by molar-refractivity contribution is 7.85. The SMILES string of the molecule is Cc1cc(C)cc(-c2ccc3ccccc3c2-c2c(P(=O)(c3ccccc3)c3ccccc3)ccc3ccccc23)c1. The normalized spacial score (nSPS) is 11.7. The van der Waals surface area contributed by atoms with E-state index in [0.29, 0.717) is 0 Å². The Balaban J connectivity index is 1.69. The average Bonchev–Trinajstić information content (AvgIpc) is 3.04. The first kappa shape index (κ1) is 26.2. The van der Waals surface area contributed by atoms with E-state index in [9.17, 15) is 0 Å². The average molecular weight is 559 g/mol. The van der Waals surface area contributed by atoms with Gasteiger partial charge in [-0.05, 0) is 58.1 Å². The Hall–Kier alpha value is -4.71. The van der Waals surface area contributed by atoms with E-state index in [1.54, 1.807) is 0 Å². The van der Waals surface area contributed by atoms with Crippen LogP contribution in [0.2, 0.25) is 0 Å². The van der Waals surface area contributed by atoms with E-state index < -0.39 is 7.14 Å². The maximum atomic E-state index is 15.9. The summed E-state index contributed by atoms with van der Waals surface area (Å²) in [6.07, 6.45) is 0. The van der Waals surface area contributed by atoms with Gasteiger partial charge in [-0.1, -0.05) is 157 Å². The van der Waals surface area contributed by atoms with Crippen LogP contribution in [0.4, 0.5) is 0 Å². The standard InChI is InChI=1S/C40H31OP/c1-28-25-29(2)27-32(26-28)37-23-21-30-13-9-11-19-35(30)39(37)40-36-20-12-10-14-31(36)22-24-38(40)42(41,33-15-5-3-6-16-33)34-17-7-4-8-18-34/h3-27H,1-2H3. The van der Waals surface area contributed by atoms with Crippen LogP contribution in [0.3, 0.4) is 0 Å². The predicted octanol–water partition coefficient (Wildman–Crippen LogP) is 9.58. The number of fused-ring (bicyclic) bond motifs is 2. The third kappa shape index (κ3) is 4.38. The molecule has 2 heteroatoms. The summed E-state index contributed by atoms with van der Waals surface area (Å²) in [7, 11) is -3.29. The second kappa shape index (κ2) is 10.6. The van der Waals surface area contributed by atoms with Crippen molar-refractivity contribution in [3.8, 4) is 22.3 Å². The number of rotatable bonds is 5. The fourth-order valence-electron chi connectivity index (χ4n) is 6.40. The lowest BCUT2D eigenvalue weighted by atomic mass is 9.86. The van der Waals surface area contributed by atoms with Crippen LogP contribution in [0.25, 0.3) is 43.8 Å². The van der Waals surface area contributed by atoms with Crippen LogP contribution in [0.15, 0.2) is 152 Å². The summed E-state index contributed by atoms with van der Waals surface area (Å²) in [5.41, 5.74) is 6.92. The van der Waals surface area contributed by atoms with Crippen molar-refractivity contribution in [3.63, 3.8) is 0 Å². The first-order chi connectivity index (χ1) is 20.5. The van der Waals surface area contributed by atoms with Gasteiger partial charge < -0.3 is 4.57 Å². The van der Waals surface area contributed by atoms with Crippen LogP contribution >= 0.6 is 7.14 Å². The molecule has 0 bridgehead atoms. The predicted molar refractivity (Wildman–Crippen MR) is 181 cm³/mol. The van der Waals surface area contributed by atoms with Gasteiger partial charge >= 0.3 is 0 Å². The van der Waals surface area contributed by atoms with Crippen molar-refractivity contribution >= 4 is 44.6 Å². The van der Waals surface area contributed by atoms with Crippen molar-refractivity contribution in [2.45, 2.75) is 13.8 Å². The molecule has 0 radical (unpaired) electrons. The Morgan fingerprint density at radius 1 is 0.452 bits per heavy atom. The Morgan fingerprint density at radius 2 is 0.929 bits per heavy atom. The Bertz CT molecular complexity index is 2060. The minimum Gasteiger partial charge on any atom is -0.309 e. The highest BCUT2D eigenvalue weighted by Gasteiger charge is 2.34. The van der Waals surface area contributed by atoms with Crippen molar-refractivity contribution in [1.82, 2.24) is 0 Å². The van der Waals surface area contributed by atoms with Gasteiger partial charge in [-0.2, -0.15) is 0 Å². The molecule has 0 aromatic heterocycles. The Labute approximate surface area is 247 Å². The van der Waals surface area contributed by atoms with Gasteiger partial charge in [0.05, 0.1) is 0 Å². The summed E-state index contributed by atoms with van der Waals surface area (Å²) >= 11 is 0. The first-order valence-corrected chi connectivity index (χ1v) is 16.1. The molecule has 0 amide bonds. The second-order valence-corrected chi connectivity index (χ2v) is 13.8. The van der Waals surface area contributed by atoms with E-state index in [2.05, 4.69) is 105 Å². The fraction of sp³-hybridized carbons (Fsp3) is 0.0500. The molecule has 0 atom stereocenters. The Kier molecular flexibility index (Phi) is 6.62. The minimum absolute atomic E-state index is 0.834. The molecule has 0 aliphatic carbocycles. The fourth-order valence-corrected chi connectivity index (χ4v) is 9.27. The molecule has 0 N–H and O–H groups in total. The quantitative estimate of drug-likeness (QED) is 0.192. The van der Waals surface area contributed by atoms with E-state index in [0.717, 1.165) is 54.1 Å². The highest BCUT2D eigenvalue weighted by Crippen LogP contribution is 2.49. The highest BCUT2D eigenvalue weighted by atomic mass is 31.2. The largest absolute Gasteiger partial charge is 0.309 e. The van der Waals surface area contributed by atoms with Gasteiger partial charge in [-0.15, -0.1) is 0 Å². The molecule has 0 heterocycles. The van der Waals surface area contributed by atoms with E-state index >= 15 is 4.57 Å². The van der Waals surface area contributed by atoms with Crippen LogP contribution in [-0.2, 0) is 4.57 Å². The molecule has 7 aromatic rings. The molecule has 0 spiro atoms. The van der Waals surface area contributed by atoms with Crippen LogP contribution in [0, 0.1) is 13.8 Å². The summed E-state index contributed by atoms with van der Waals surface area (Å²) in [5.74, 6) is 0. The van der Waals surface area contributed by atoms with Gasteiger partial charge in [0.15, 0.2) is 7.14 Å². The van der Waals surface area contributed by atoms with Gasteiger partial charge in [0.2, 0.25) is 0 Å². The summed E-state index contributed by atoms with van der Waals surface area (Å²) in [4.78, 5) is 0. The van der Waals surface area contributed by atoms with Gasteiger partial charge in [0.1, 0.15) is 0 Å². The molecule has 0 fully saturated rings. The van der Waals surface area contributed by atoms with Crippen molar-refractivity contribution in [3.05, 3.63) is 163 Å². The number of hydrogen-bond donors (Lipinski definition) is 0. The van der Waals surface area contributed by atoms with Crippen LogP contribution in [0.1, 0.15) is 11.1 Å². The molecule has 0 saturated heterocycles. The Morgan fingerprint density at radius 3 is 1.50 bits per heavy atom. The third-order valence-corrected chi connectivity index (χ3v) is 11.3. The number of benzene rings is 7. The zero-order valence-corrected chi connectivity index (χ0v) is 24.7. The molecule has 0 unspecified atom stereocenters. The second-order valence-electron chi connectivity index (χ2n) is 11.0. The monoisotopic (exact) mass is 558 g/mol. The van der Waals surface area contributed by atoms with Crippen LogP contribution in [-0.4, -0.2) is 0 Å². The molecule has 0 aliphatic rings. The minimum atomic E-state index is -3.29. The molecule has 202 valence electrons. The van der Waals surface area contributed by atoms with E-state index in [4.69, 9.17) is 0 Å². The van der Waals surface area contributed by atoms with Crippen LogP contribution < -0.4 is 15.9 Å².